The molecular weight excluding hydrogens is 493 g/mol. The molecule has 0 spiro atoms. The van der Waals surface area contributed by atoms with E-state index < -0.39 is 5.82 Å². The summed E-state index contributed by atoms with van der Waals surface area (Å²) in [5.74, 6) is 0.0271. The number of rotatable bonds is 9. The number of carbonyl (C=O) groups is 1. The highest BCUT2D eigenvalue weighted by Gasteiger charge is 2.35. The SMILES string of the molecule is CNSNc1cccc(Oc2c(C(=O)N(C)C3CC3)c(Nc3ccc(C)cc3F)n(C)c(=O)c2C)c1C. The number of aryl methyl sites for hydroxylation is 1. The molecule has 196 valence electrons. The van der Waals surface area contributed by atoms with Crippen LogP contribution >= 0.6 is 12.1 Å². The standard InChI is InChI=1S/C27H32FN5O3S/c1-15-10-13-21(19(28)14-15)30-25-23(27(35)32(5)18-11-12-18)24(17(3)26(34)33(25)6)36-22-9-7-8-20(16(22)2)31-37-29-4/h7-10,13-14,18,29-31H,11-12H2,1-6H3. The van der Waals surface area contributed by atoms with Gasteiger partial charge in [0.2, 0.25) is 0 Å². The van der Waals surface area contributed by atoms with Gasteiger partial charge in [0.05, 0.1) is 16.9 Å². The number of carbonyl (C=O) groups excluding carboxylic acids is 1. The average molecular weight is 526 g/mol. The molecule has 0 saturated heterocycles. The van der Waals surface area contributed by atoms with Gasteiger partial charge in [-0.1, -0.05) is 12.1 Å². The summed E-state index contributed by atoms with van der Waals surface area (Å²) in [5.41, 5.74) is 2.65. The first-order valence-corrected chi connectivity index (χ1v) is 12.9. The van der Waals surface area contributed by atoms with E-state index in [-0.39, 0.29) is 45.9 Å². The van der Waals surface area contributed by atoms with Gasteiger partial charge < -0.3 is 19.7 Å². The summed E-state index contributed by atoms with van der Waals surface area (Å²) in [7, 11) is 5.10. The van der Waals surface area contributed by atoms with E-state index in [0.717, 1.165) is 29.7 Å². The summed E-state index contributed by atoms with van der Waals surface area (Å²) >= 11 is 1.31. The third-order valence-corrected chi connectivity index (χ3v) is 7.06. The number of nitrogens with zero attached hydrogens (tertiary/aromatic N) is 2. The van der Waals surface area contributed by atoms with Gasteiger partial charge in [-0.3, -0.25) is 14.2 Å². The second kappa shape index (κ2) is 10.9. The van der Waals surface area contributed by atoms with Crippen molar-refractivity contribution in [3.63, 3.8) is 0 Å². The maximum Gasteiger partial charge on any atom is 0.261 e. The van der Waals surface area contributed by atoms with Crippen LogP contribution in [0, 0.1) is 26.6 Å². The maximum absolute atomic E-state index is 14.8. The minimum Gasteiger partial charge on any atom is -0.456 e. The first kappa shape index (κ1) is 26.6. The van der Waals surface area contributed by atoms with Crippen LogP contribution < -0.4 is 25.1 Å². The Balaban J connectivity index is 1.89. The third kappa shape index (κ3) is 5.45. The van der Waals surface area contributed by atoms with Crippen molar-refractivity contribution in [1.82, 2.24) is 14.2 Å². The van der Waals surface area contributed by atoms with Crippen molar-refractivity contribution < 1.29 is 13.9 Å². The molecule has 1 fully saturated rings. The molecule has 3 N–H and O–H groups in total. The molecular formula is C27H32FN5O3S. The number of hydrogen-bond acceptors (Lipinski definition) is 7. The lowest BCUT2D eigenvalue weighted by Crippen LogP contribution is -2.33. The Morgan fingerprint density at radius 1 is 1.14 bits per heavy atom. The predicted octanol–water partition coefficient (Wildman–Crippen LogP) is 5.41. The van der Waals surface area contributed by atoms with Gasteiger partial charge in [0.1, 0.15) is 22.9 Å². The molecule has 0 radical (unpaired) electrons. The van der Waals surface area contributed by atoms with Crippen molar-refractivity contribution in [1.29, 1.82) is 0 Å². The Morgan fingerprint density at radius 2 is 1.86 bits per heavy atom. The van der Waals surface area contributed by atoms with E-state index in [2.05, 4.69) is 14.8 Å². The van der Waals surface area contributed by atoms with Crippen LogP contribution in [0.15, 0.2) is 41.2 Å². The summed E-state index contributed by atoms with van der Waals surface area (Å²) in [5, 5.41) is 3.02. The fourth-order valence-corrected chi connectivity index (χ4v) is 4.52. The van der Waals surface area contributed by atoms with Crippen molar-refractivity contribution in [3.05, 3.63) is 74.8 Å². The zero-order chi connectivity index (χ0) is 26.9. The molecule has 8 nitrogen and oxygen atoms in total. The number of pyridine rings is 1. The lowest BCUT2D eigenvalue weighted by atomic mass is 10.1. The molecule has 0 unspecified atom stereocenters. The highest BCUT2D eigenvalue weighted by molar-refractivity contribution is 7.98. The summed E-state index contributed by atoms with van der Waals surface area (Å²) in [4.78, 5) is 28.8. The van der Waals surface area contributed by atoms with E-state index in [0.29, 0.717) is 5.75 Å². The fraction of sp³-hybridized carbons (Fsp3) is 0.333. The van der Waals surface area contributed by atoms with Gasteiger partial charge in [-0.25, -0.2) is 9.11 Å². The smallest absolute Gasteiger partial charge is 0.261 e. The molecule has 0 aliphatic heterocycles. The minimum absolute atomic E-state index is 0.120. The number of nitrogens with one attached hydrogen (secondary N) is 3. The van der Waals surface area contributed by atoms with Gasteiger partial charge in [-0.2, -0.15) is 0 Å². The predicted molar refractivity (Wildman–Crippen MR) is 147 cm³/mol. The van der Waals surface area contributed by atoms with Gasteiger partial charge in [0.15, 0.2) is 5.75 Å². The van der Waals surface area contributed by atoms with Gasteiger partial charge in [0, 0.05) is 37.8 Å². The molecule has 1 amide bonds. The molecule has 37 heavy (non-hydrogen) atoms. The number of benzene rings is 2. The fourth-order valence-electron chi connectivity index (χ4n) is 4.09. The number of ether oxygens (including phenoxy) is 1. The van der Waals surface area contributed by atoms with Crippen LogP contribution in [-0.4, -0.2) is 35.5 Å². The summed E-state index contributed by atoms with van der Waals surface area (Å²) < 4.78 is 28.7. The minimum atomic E-state index is -0.485. The topological polar surface area (TPSA) is 87.6 Å². The Kier molecular flexibility index (Phi) is 7.79. The molecule has 1 aliphatic carbocycles. The van der Waals surface area contributed by atoms with Crippen LogP contribution in [0.2, 0.25) is 0 Å². The Hall–Kier alpha value is -3.50. The van der Waals surface area contributed by atoms with Crippen molar-refractivity contribution in [3.8, 4) is 11.5 Å². The van der Waals surface area contributed by atoms with Crippen molar-refractivity contribution in [2.45, 2.75) is 39.7 Å². The van der Waals surface area contributed by atoms with E-state index in [1.807, 2.05) is 19.1 Å². The molecule has 4 rings (SSSR count). The molecule has 1 aromatic heterocycles. The largest absolute Gasteiger partial charge is 0.456 e. The number of hydrogen-bond donors (Lipinski definition) is 3. The van der Waals surface area contributed by atoms with E-state index in [1.54, 1.807) is 58.1 Å². The number of halogens is 1. The van der Waals surface area contributed by atoms with E-state index in [1.165, 1.54) is 22.8 Å². The second-order valence-corrected chi connectivity index (χ2v) is 10.1. The first-order chi connectivity index (χ1) is 17.6. The van der Waals surface area contributed by atoms with Gasteiger partial charge in [-0.05, 0) is 70.5 Å². The maximum atomic E-state index is 14.8. The highest BCUT2D eigenvalue weighted by atomic mass is 32.2. The van der Waals surface area contributed by atoms with E-state index >= 15 is 0 Å². The Bertz CT molecular complexity index is 1400. The van der Waals surface area contributed by atoms with Gasteiger partial charge in [0.25, 0.3) is 11.5 Å². The summed E-state index contributed by atoms with van der Waals surface area (Å²) in [6.07, 6.45) is 1.82. The molecule has 0 bridgehead atoms. The monoisotopic (exact) mass is 525 g/mol. The van der Waals surface area contributed by atoms with Crippen LogP contribution in [0.5, 0.6) is 11.5 Å². The van der Waals surface area contributed by atoms with Crippen molar-refractivity contribution in [2.75, 3.05) is 24.1 Å². The van der Waals surface area contributed by atoms with E-state index in [9.17, 15) is 14.0 Å². The van der Waals surface area contributed by atoms with Crippen LogP contribution in [-0.2, 0) is 7.05 Å². The van der Waals surface area contributed by atoms with Crippen LogP contribution in [0.4, 0.5) is 21.6 Å². The molecule has 2 aromatic carbocycles. The van der Waals surface area contributed by atoms with Crippen LogP contribution in [0.1, 0.15) is 39.9 Å². The zero-order valence-corrected chi connectivity index (χ0v) is 22.7. The third-order valence-electron chi connectivity index (χ3n) is 6.53. The normalized spacial score (nSPS) is 12.8. The Morgan fingerprint density at radius 3 is 2.51 bits per heavy atom. The molecule has 1 heterocycles. The average Bonchev–Trinajstić information content (AvgIpc) is 3.72. The lowest BCUT2D eigenvalue weighted by molar-refractivity contribution is 0.0782. The first-order valence-electron chi connectivity index (χ1n) is 12.0. The lowest BCUT2D eigenvalue weighted by Gasteiger charge is -2.25. The second-order valence-electron chi connectivity index (χ2n) is 9.24. The summed E-state index contributed by atoms with van der Waals surface area (Å²) in [6, 6.07) is 10.4. The molecule has 1 aliphatic rings. The van der Waals surface area contributed by atoms with E-state index in [4.69, 9.17) is 4.74 Å². The molecule has 1 saturated carbocycles. The number of aromatic nitrogens is 1. The molecule has 3 aromatic rings. The van der Waals surface area contributed by atoms with Crippen LogP contribution in [0.25, 0.3) is 0 Å². The van der Waals surface area contributed by atoms with Crippen LogP contribution in [0.3, 0.4) is 0 Å². The van der Waals surface area contributed by atoms with Gasteiger partial charge in [-0.15, -0.1) is 0 Å². The van der Waals surface area contributed by atoms with Gasteiger partial charge >= 0.3 is 0 Å². The number of amides is 1. The molecule has 10 heteroatoms. The quantitative estimate of drug-likeness (QED) is 0.322. The molecule has 0 atom stereocenters. The Labute approximate surface area is 220 Å². The highest BCUT2D eigenvalue weighted by Crippen LogP contribution is 2.39. The summed E-state index contributed by atoms with van der Waals surface area (Å²) in [6.45, 7) is 5.32. The zero-order valence-electron chi connectivity index (χ0n) is 21.9. The van der Waals surface area contributed by atoms with Crippen molar-refractivity contribution >= 4 is 35.2 Å². The number of anilines is 3. The van der Waals surface area contributed by atoms with Crippen molar-refractivity contribution in [2.24, 2.45) is 7.05 Å².